The minimum atomic E-state index is 0.576. The predicted molar refractivity (Wildman–Crippen MR) is 85.1 cm³/mol. The lowest BCUT2D eigenvalue weighted by Crippen LogP contribution is -2.57. The molecule has 2 atom stereocenters. The van der Waals surface area contributed by atoms with Gasteiger partial charge in [-0.1, -0.05) is 18.5 Å². The number of nitrogens with one attached hydrogen (secondary N) is 1. The van der Waals surface area contributed by atoms with E-state index in [4.69, 9.17) is 11.6 Å². The van der Waals surface area contributed by atoms with Crippen molar-refractivity contribution < 1.29 is 0 Å². The summed E-state index contributed by atoms with van der Waals surface area (Å²) in [6.45, 7) is 4.47. The van der Waals surface area contributed by atoms with Crippen LogP contribution >= 0.6 is 27.5 Å². The van der Waals surface area contributed by atoms with Crippen molar-refractivity contribution in [1.29, 1.82) is 0 Å². The second kappa shape index (κ2) is 5.63. The first-order valence-electron chi connectivity index (χ1n) is 7.14. The minimum absolute atomic E-state index is 0.576. The fraction of sp³-hybridized carbons (Fsp3) is 0.600. The number of halogens is 2. The number of piperazine rings is 1. The lowest BCUT2D eigenvalue weighted by Gasteiger charge is -2.42. The molecule has 0 amide bonds. The molecule has 0 aromatic heterocycles. The van der Waals surface area contributed by atoms with E-state index < -0.39 is 0 Å². The Bertz CT molecular complexity index is 461. The first kappa shape index (κ1) is 13.7. The maximum Gasteiger partial charge on any atom is 0.0515 e. The van der Waals surface area contributed by atoms with E-state index in [0.717, 1.165) is 28.5 Å². The van der Waals surface area contributed by atoms with E-state index in [0.29, 0.717) is 12.1 Å². The number of hydrogen-bond donors (Lipinski definition) is 1. The summed E-state index contributed by atoms with van der Waals surface area (Å²) in [6, 6.07) is 7.36. The van der Waals surface area contributed by atoms with Crippen molar-refractivity contribution in [2.45, 2.75) is 38.3 Å². The van der Waals surface area contributed by atoms with E-state index in [1.165, 1.54) is 24.9 Å². The van der Waals surface area contributed by atoms with Crippen LogP contribution in [-0.2, 0) is 0 Å². The van der Waals surface area contributed by atoms with Gasteiger partial charge in [0.15, 0.2) is 0 Å². The highest BCUT2D eigenvalue weighted by Crippen LogP contribution is 2.37. The zero-order valence-electron chi connectivity index (χ0n) is 11.2. The van der Waals surface area contributed by atoms with Crippen molar-refractivity contribution in [3.63, 3.8) is 0 Å². The third-order valence-electron chi connectivity index (χ3n) is 4.33. The molecule has 1 aromatic carbocycles. The van der Waals surface area contributed by atoms with E-state index in [1.54, 1.807) is 0 Å². The molecule has 1 aromatic rings. The topological polar surface area (TPSA) is 15.3 Å². The summed E-state index contributed by atoms with van der Waals surface area (Å²) in [5, 5.41) is 4.52. The van der Waals surface area contributed by atoms with Gasteiger partial charge in [-0.2, -0.15) is 0 Å². The van der Waals surface area contributed by atoms with E-state index in [2.05, 4.69) is 39.1 Å². The second-order valence-electron chi connectivity index (χ2n) is 5.66. The number of anilines is 1. The van der Waals surface area contributed by atoms with Crippen molar-refractivity contribution in [2.24, 2.45) is 5.92 Å². The molecule has 0 radical (unpaired) electrons. The fourth-order valence-electron chi connectivity index (χ4n) is 3.01. The first-order valence-corrected chi connectivity index (χ1v) is 8.31. The Morgan fingerprint density at radius 1 is 1.42 bits per heavy atom. The molecule has 1 N–H and O–H groups in total. The average Bonchev–Trinajstić information content (AvgIpc) is 3.22. The van der Waals surface area contributed by atoms with Crippen LogP contribution in [0.1, 0.15) is 26.2 Å². The fourth-order valence-corrected chi connectivity index (χ4v) is 3.92. The van der Waals surface area contributed by atoms with E-state index in [-0.39, 0.29) is 0 Å². The first-order chi connectivity index (χ1) is 9.19. The highest BCUT2D eigenvalue weighted by Gasteiger charge is 2.37. The molecule has 4 heteroatoms. The van der Waals surface area contributed by atoms with Gasteiger partial charge >= 0.3 is 0 Å². The van der Waals surface area contributed by atoms with Crippen molar-refractivity contribution in [1.82, 2.24) is 5.32 Å². The summed E-state index contributed by atoms with van der Waals surface area (Å²) in [4.78, 5) is 2.56. The highest BCUT2D eigenvalue weighted by atomic mass is 79.9. The molecule has 0 bridgehead atoms. The number of rotatable bonds is 3. The smallest absolute Gasteiger partial charge is 0.0515 e. The number of hydrogen-bond acceptors (Lipinski definition) is 2. The van der Waals surface area contributed by atoms with Gasteiger partial charge in [-0.15, -0.1) is 0 Å². The van der Waals surface area contributed by atoms with E-state index in [9.17, 15) is 0 Å². The Morgan fingerprint density at radius 3 is 2.84 bits per heavy atom. The van der Waals surface area contributed by atoms with Crippen LogP contribution in [0.3, 0.4) is 0 Å². The molecule has 2 unspecified atom stereocenters. The van der Waals surface area contributed by atoms with Crippen LogP contribution < -0.4 is 10.2 Å². The molecule has 1 saturated carbocycles. The molecule has 3 rings (SSSR count). The molecule has 1 aliphatic heterocycles. The van der Waals surface area contributed by atoms with Crippen molar-refractivity contribution in [3.8, 4) is 0 Å². The maximum absolute atomic E-state index is 6.05. The van der Waals surface area contributed by atoms with Gasteiger partial charge in [0.1, 0.15) is 0 Å². The van der Waals surface area contributed by atoms with Crippen molar-refractivity contribution in [2.75, 3.05) is 18.0 Å². The van der Waals surface area contributed by atoms with Gasteiger partial charge in [0.05, 0.1) is 5.69 Å². The average molecular weight is 344 g/mol. The van der Waals surface area contributed by atoms with E-state index >= 15 is 0 Å². The molecule has 2 aliphatic rings. The summed E-state index contributed by atoms with van der Waals surface area (Å²) in [5.41, 5.74) is 1.28. The summed E-state index contributed by atoms with van der Waals surface area (Å²) in [6.07, 6.45) is 3.95. The monoisotopic (exact) mass is 342 g/mol. The van der Waals surface area contributed by atoms with Gasteiger partial charge in [0.2, 0.25) is 0 Å². The van der Waals surface area contributed by atoms with Gasteiger partial charge in [0, 0.05) is 34.7 Å². The molecule has 2 nitrogen and oxygen atoms in total. The normalized spacial score (nSPS) is 27.6. The zero-order chi connectivity index (χ0) is 13.4. The van der Waals surface area contributed by atoms with Crippen LogP contribution in [0.15, 0.2) is 22.7 Å². The molecule has 0 spiro atoms. The predicted octanol–water partition coefficient (Wildman–Crippen LogP) is 4.07. The quantitative estimate of drug-likeness (QED) is 0.890. The Hall–Kier alpha value is -0.250. The molecule has 1 aliphatic carbocycles. The summed E-state index contributed by atoms with van der Waals surface area (Å²) < 4.78 is 1.11. The van der Waals surface area contributed by atoms with Crippen LogP contribution in [0.4, 0.5) is 5.69 Å². The Labute approximate surface area is 128 Å². The summed E-state index contributed by atoms with van der Waals surface area (Å²) >= 11 is 9.72. The SMILES string of the molecule is CCC1CNC(C2CC2)CN1c1ccc(Cl)cc1Br. The Morgan fingerprint density at radius 2 is 2.21 bits per heavy atom. The molecule has 2 fully saturated rings. The molecular formula is C15H20BrClN2. The standard InChI is InChI=1S/C15H20BrClN2/c1-2-12-8-18-14(10-3-4-10)9-19(12)15-6-5-11(17)7-13(15)16/h5-7,10,12,14,18H,2-4,8-9H2,1H3. The second-order valence-corrected chi connectivity index (χ2v) is 6.95. The maximum atomic E-state index is 6.05. The molecule has 1 saturated heterocycles. The summed E-state index contributed by atoms with van der Waals surface area (Å²) in [7, 11) is 0. The Balaban J connectivity index is 1.85. The van der Waals surface area contributed by atoms with Crippen molar-refractivity contribution >= 4 is 33.2 Å². The Kier molecular flexibility index (Phi) is 4.06. The van der Waals surface area contributed by atoms with Gasteiger partial charge in [-0.05, 0) is 59.3 Å². The van der Waals surface area contributed by atoms with Gasteiger partial charge in [-0.3, -0.25) is 0 Å². The largest absolute Gasteiger partial charge is 0.365 e. The van der Waals surface area contributed by atoms with Gasteiger partial charge in [-0.25, -0.2) is 0 Å². The minimum Gasteiger partial charge on any atom is -0.365 e. The molecule has 1 heterocycles. The third-order valence-corrected chi connectivity index (χ3v) is 5.20. The van der Waals surface area contributed by atoms with Crippen LogP contribution in [-0.4, -0.2) is 25.2 Å². The molecule has 19 heavy (non-hydrogen) atoms. The van der Waals surface area contributed by atoms with Crippen molar-refractivity contribution in [3.05, 3.63) is 27.7 Å². The summed E-state index contributed by atoms with van der Waals surface area (Å²) in [5.74, 6) is 0.895. The highest BCUT2D eigenvalue weighted by molar-refractivity contribution is 9.10. The number of benzene rings is 1. The lowest BCUT2D eigenvalue weighted by atomic mass is 10.0. The third kappa shape index (κ3) is 2.93. The van der Waals surface area contributed by atoms with E-state index in [1.807, 2.05) is 12.1 Å². The number of nitrogens with zero attached hydrogens (tertiary/aromatic N) is 1. The van der Waals surface area contributed by atoms with Gasteiger partial charge < -0.3 is 10.2 Å². The molecular weight excluding hydrogens is 324 g/mol. The molecule has 104 valence electrons. The van der Waals surface area contributed by atoms with Crippen LogP contribution in [0.5, 0.6) is 0 Å². The van der Waals surface area contributed by atoms with Crippen LogP contribution in [0.25, 0.3) is 0 Å². The lowest BCUT2D eigenvalue weighted by molar-refractivity contribution is 0.359. The van der Waals surface area contributed by atoms with Crippen LogP contribution in [0.2, 0.25) is 5.02 Å². The zero-order valence-corrected chi connectivity index (χ0v) is 13.5. The van der Waals surface area contributed by atoms with Gasteiger partial charge in [0.25, 0.3) is 0 Å². The van der Waals surface area contributed by atoms with Crippen LogP contribution in [0, 0.1) is 5.92 Å².